The number of aliphatic carboxylic acids is 1. The van der Waals surface area contributed by atoms with E-state index in [4.69, 9.17) is 11.6 Å². The number of halogens is 1. The number of carbonyl (C=O) groups excluding carboxylic acids is 1. The van der Waals surface area contributed by atoms with E-state index in [1.54, 1.807) is 24.3 Å². The highest BCUT2D eigenvalue weighted by molar-refractivity contribution is 7.89. The third-order valence-corrected chi connectivity index (χ3v) is 7.08. The van der Waals surface area contributed by atoms with Gasteiger partial charge in [0.05, 0.1) is 5.02 Å². The molecule has 3 aromatic carbocycles. The molecule has 2 amide bonds. The molecule has 1 unspecified atom stereocenters. The minimum Gasteiger partial charge on any atom is -0.480 e. The standard InChI is InChI=1S/C25H26ClN3O5S/c1-2-14-27-25(32)28-20-7-5-6-19(16-20)18-12-10-17(11-13-18)15-22(24(30)31)29-35(33,34)23-9-4-3-8-21(23)26/h3-13,16,22,29H,2,14-15H2,1H3,(H,30,31)(H2,27,28,32). The first-order valence-electron chi connectivity index (χ1n) is 10.9. The number of nitrogens with one attached hydrogen (secondary N) is 3. The number of anilines is 1. The molecule has 0 spiro atoms. The lowest BCUT2D eigenvalue weighted by Gasteiger charge is -2.16. The Morgan fingerprint density at radius 1 is 0.971 bits per heavy atom. The molecule has 1 atom stereocenters. The smallest absolute Gasteiger partial charge is 0.322 e. The minimum absolute atomic E-state index is 0.00746. The Labute approximate surface area is 209 Å². The fraction of sp³-hybridized carbons (Fsp3) is 0.200. The van der Waals surface area contributed by atoms with Crippen molar-refractivity contribution in [1.82, 2.24) is 10.0 Å². The molecule has 35 heavy (non-hydrogen) atoms. The van der Waals surface area contributed by atoms with Gasteiger partial charge in [-0.3, -0.25) is 4.79 Å². The Bertz CT molecular complexity index is 1300. The number of hydrogen-bond donors (Lipinski definition) is 4. The highest BCUT2D eigenvalue weighted by atomic mass is 35.5. The molecule has 8 nitrogen and oxygen atoms in total. The SMILES string of the molecule is CCCNC(=O)Nc1cccc(-c2ccc(CC(NS(=O)(=O)c3ccccc3Cl)C(=O)O)cc2)c1. The fourth-order valence-electron chi connectivity index (χ4n) is 3.35. The summed E-state index contributed by atoms with van der Waals surface area (Å²) < 4.78 is 27.6. The maximum Gasteiger partial charge on any atom is 0.322 e. The van der Waals surface area contributed by atoms with E-state index in [0.29, 0.717) is 17.8 Å². The zero-order valence-corrected chi connectivity index (χ0v) is 20.6. The highest BCUT2D eigenvalue weighted by Gasteiger charge is 2.27. The zero-order valence-electron chi connectivity index (χ0n) is 19.0. The Morgan fingerprint density at radius 3 is 2.34 bits per heavy atom. The van der Waals surface area contributed by atoms with Crippen LogP contribution < -0.4 is 15.4 Å². The zero-order chi connectivity index (χ0) is 25.4. The second kappa shape index (κ2) is 11.8. The number of carboxylic acids is 1. The summed E-state index contributed by atoms with van der Waals surface area (Å²) in [5.41, 5.74) is 2.99. The lowest BCUT2D eigenvalue weighted by molar-refractivity contribution is -0.138. The molecule has 0 fully saturated rings. The summed E-state index contributed by atoms with van der Waals surface area (Å²) in [6.07, 6.45) is 0.780. The van der Waals surface area contributed by atoms with E-state index in [1.165, 1.54) is 18.2 Å². The van der Waals surface area contributed by atoms with Gasteiger partial charge in [0.1, 0.15) is 10.9 Å². The van der Waals surface area contributed by atoms with Gasteiger partial charge in [-0.1, -0.05) is 67.1 Å². The van der Waals surface area contributed by atoms with E-state index in [2.05, 4.69) is 15.4 Å². The molecule has 0 heterocycles. The summed E-state index contributed by atoms with van der Waals surface area (Å²) in [6.45, 7) is 2.55. The van der Waals surface area contributed by atoms with Crippen LogP contribution >= 0.6 is 11.6 Å². The van der Waals surface area contributed by atoms with Crippen molar-refractivity contribution in [1.29, 1.82) is 0 Å². The number of benzene rings is 3. The van der Waals surface area contributed by atoms with E-state index >= 15 is 0 Å². The van der Waals surface area contributed by atoms with Crippen molar-refractivity contribution < 1.29 is 23.1 Å². The lowest BCUT2D eigenvalue weighted by Crippen LogP contribution is -2.42. The third-order valence-electron chi connectivity index (χ3n) is 5.10. The molecule has 0 aliphatic heterocycles. The second-order valence-electron chi connectivity index (χ2n) is 7.81. The average molecular weight is 516 g/mol. The van der Waals surface area contributed by atoms with E-state index in [9.17, 15) is 23.1 Å². The van der Waals surface area contributed by atoms with Gasteiger partial charge in [-0.25, -0.2) is 13.2 Å². The quantitative estimate of drug-likeness (QED) is 0.316. The fourth-order valence-corrected chi connectivity index (χ4v) is 5.06. The molecule has 184 valence electrons. The Balaban J connectivity index is 1.72. The van der Waals surface area contributed by atoms with E-state index in [0.717, 1.165) is 17.5 Å². The molecule has 10 heteroatoms. The maximum atomic E-state index is 12.7. The summed E-state index contributed by atoms with van der Waals surface area (Å²) in [5.74, 6) is -1.30. The Morgan fingerprint density at radius 2 is 1.69 bits per heavy atom. The van der Waals surface area contributed by atoms with E-state index < -0.39 is 22.0 Å². The van der Waals surface area contributed by atoms with Crippen LogP contribution in [0.4, 0.5) is 10.5 Å². The Hall–Kier alpha value is -3.40. The number of amides is 2. The van der Waals surface area contributed by atoms with Crippen LogP contribution in [0.3, 0.4) is 0 Å². The average Bonchev–Trinajstić information content (AvgIpc) is 2.83. The summed E-state index contributed by atoms with van der Waals surface area (Å²) in [7, 11) is -4.13. The minimum atomic E-state index is -4.13. The Kier molecular flexibility index (Phi) is 8.86. The van der Waals surface area contributed by atoms with Gasteiger partial charge in [-0.15, -0.1) is 0 Å². The van der Waals surface area contributed by atoms with Gasteiger partial charge in [0.25, 0.3) is 0 Å². The largest absolute Gasteiger partial charge is 0.480 e. The molecule has 3 rings (SSSR count). The van der Waals surface area contributed by atoms with Crippen LogP contribution in [-0.4, -0.2) is 38.1 Å². The summed E-state index contributed by atoms with van der Waals surface area (Å²) >= 11 is 5.98. The molecule has 0 saturated heterocycles. The van der Waals surface area contributed by atoms with E-state index in [-0.39, 0.29) is 22.4 Å². The van der Waals surface area contributed by atoms with Crippen molar-refractivity contribution in [3.63, 3.8) is 0 Å². The summed E-state index contributed by atoms with van der Waals surface area (Å²) in [4.78, 5) is 23.5. The molecular weight excluding hydrogens is 490 g/mol. The highest BCUT2D eigenvalue weighted by Crippen LogP contribution is 2.24. The molecule has 3 aromatic rings. The van der Waals surface area contributed by atoms with E-state index in [1.807, 2.05) is 37.3 Å². The van der Waals surface area contributed by atoms with Crippen molar-refractivity contribution in [3.05, 3.63) is 83.4 Å². The van der Waals surface area contributed by atoms with Gasteiger partial charge >= 0.3 is 12.0 Å². The molecule has 0 aliphatic rings. The van der Waals surface area contributed by atoms with Gasteiger partial charge in [0.15, 0.2) is 0 Å². The molecule has 0 radical (unpaired) electrons. The normalized spacial score (nSPS) is 12.1. The van der Waals surface area contributed by atoms with Gasteiger partial charge in [-0.05, 0) is 53.8 Å². The van der Waals surface area contributed by atoms with Crippen LogP contribution in [0.5, 0.6) is 0 Å². The van der Waals surface area contributed by atoms with Gasteiger partial charge in [-0.2, -0.15) is 4.72 Å². The summed E-state index contributed by atoms with van der Waals surface area (Å²) in [5, 5.41) is 15.1. The molecule has 0 bridgehead atoms. The number of carboxylic acid groups (broad SMARTS) is 1. The van der Waals surface area contributed by atoms with Crippen LogP contribution in [0.2, 0.25) is 5.02 Å². The van der Waals surface area contributed by atoms with Gasteiger partial charge in [0.2, 0.25) is 10.0 Å². The van der Waals surface area contributed by atoms with Crippen molar-refractivity contribution in [2.45, 2.75) is 30.7 Å². The van der Waals surface area contributed by atoms with Crippen molar-refractivity contribution in [2.75, 3.05) is 11.9 Å². The van der Waals surface area contributed by atoms with Crippen LogP contribution in [0.25, 0.3) is 11.1 Å². The first-order chi connectivity index (χ1) is 16.7. The predicted octanol–water partition coefficient (Wildman–Crippen LogP) is 4.51. The molecular formula is C25H26ClN3O5S. The van der Waals surface area contributed by atoms with Crippen LogP contribution in [0.15, 0.2) is 77.7 Å². The van der Waals surface area contributed by atoms with Crippen molar-refractivity contribution in [2.24, 2.45) is 0 Å². The number of rotatable bonds is 10. The lowest BCUT2D eigenvalue weighted by atomic mass is 10.0. The van der Waals surface area contributed by atoms with Crippen LogP contribution in [-0.2, 0) is 21.2 Å². The second-order valence-corrected chi connectivity index (χ2v) is 9.89. The van der Waals surface area contributed by atoms with Crippen LogP contribution in [0, 0.1) is 0 Å². The topological polar surface area (TPSA) is 125 Å². The van der Waals surface area contributed by atoms with Crippen molar-refractivity contribution >= 4 is 39.3 Å². The van der Waals surface area contributed by atoms with Gasteiger partial charge in [0, 0.05) is 12.2 Å². The number of carbonyl (C=O) groups is 2. The predicted molar refractivity (Wildman–Crippen MR) is 136 cm³/mol. The van der Waals surface area contributed by atoms with Crippen molar-refractivity contribution in [3.8, 4) is 11.1 Å². The van der Waals surface area contributed by atoms with Gasteiger partial charge < -0.3 is 15.7 Å². The monoisotopic (exact) mass is 515 g/mol. The number of sulfonamides is 1. The maximum absolute atomic E-state index is 12.7. The molecule has 4 N–H and O–H groups in total. The molecule has 0 aromatic heterocycles. The molecule has 0 aliphatic carbocycles. The molecule has 0 saturated carbocycles. The first-order valence-corrected chi connectivity index (χ1v) is 12.8. The van der Waals surface area contributed by atoms with Crippen LogP contribution in [0.1, 0.15) is 18.9 Å². The first kappa shape index (κ1) is 26.2. The summed E-state index contributed by atoms with van der Waals surface area (Å²) in [6, 6.07) is 18.6. The number of urea groups is 1. The third kappa shape index (κ3) is 7.29. The number of hydrogen-bond acceptors (Lipinski definition) is 4.